The molecule has 110 valence electrons. The van der Waals surface area contributed by atoms with E-state index in [9.17, 15) is 4.79 Å². The maximum atomic E-state index is 12.0. The molecule has 1 amide bonds. The van der Waals surface area contributed by atoms with Crippen LogP contribution in [-0.2, 0) is 0 Å². The number of nitrogens with zero attached hydrogens (tertiary/aromatic N) is 1. The van der Waals surface area contributed by atoms with E-state index in [0.29, 0.717) is 5.56 Å². The van der Waals surface area contributed by atoms with Gasteiger partial charge >= 0.3 is 0 Å². The highest BCUT2D eigenvalue weighted by Gasteiger charge is 2.12. The Labute approximate surface area is 134 Å². The molecule has 0 saturated carbocycles. The van der Waals surface area contributed by atoms with E-state index in [1.165, 1.54) is 0 Å². The summed E-state index contributed by atoms with van der Waals surface area (Å²) in [6, 6.07) is 18.4. The van der Waals surface area contributed by atoms with E-state index >= 15 is 0 Å². The Kier molecular flexibility index (Phi) is 5.23. The molecule has 1 unspecified atom stereocenters. The van der Waals surface area contributed by atoms with Crippen molar-refractivity contribution in [2.75, 3.05) is 5.32 Å². The summed E-state index contributed by atoms with van der Waals surface area (Å²) in [5, 5.41) is 14.9. The van der Waals surface area contributed by atoms with Crippen LogP contribution in [0.3, 0.4) is 0 Å². The number of rotatable bonds is 3. The maximum absolute atomic E-state index is 12.0. The molecule has 2 aromatic rings. The number of carbonyl (C=O) groups excluding carboxylic acids is 1. The van der Waals surface area contributed by atoms with Gasteiger partial charge in [0.15, 0.2) is 5.11 Å². The molecule has 0 aromatic heterocycles. The van der Waals surface area contributed by atoms with Gasteiger partial charge in [0.25, 0.3) is 5.91 Å². The summed E-state index contributed by atoms with van der Waals surface area (Å²) in [7, 11) is 0. The number of nitrogens with one attached hydrogen (secondary N) is 2. The fourth-order valence-electron chi connectivity index (χ4n) is 1.98. The third-order valence-corrected chi connectivity index (χ3v) is 3.34. The molecule has 0 aliphatic heterocycles. The lowest BCUT2D eigenvalue weighted by atomic mass is 10.0. The lowest BCUT2D eigenvalue weighted by molar-refractivity contribution is 0.0977. The lowest BCUT2D eigenvalue weighted by Crippen LogP contribution is -2.34. The third-order valence-electron chi connectivity index (χ3n) is 3.13. The van der Waals surface area contributed by atoms with Crippen molar-refractivity contribution in [2.24, 2.45) is 0 Å². The summed E-state index contributed by atoms with van der Waals surface area (Å²) in [5.74, 6) is -0.541. The van der Waals surface area contributed by atoms with Gasteiger partial charge in [-0.25, -0.2) is 0 Å². The molecule has 2 N–H and O–H groups in total. The van der Waals surface area contributed by atoms with Crippen LogP contribution in [0.5, 0.6) is 0 Å². The summed E-state index contributed by atoms with van der Waals surface area (Å²) in [6.07, 6.45) is 0. The number of para-hydroxylation sites is 1. The average molecular weight is 309 g/mol. The fraction of sp³-hybridized carbons (Fsp3) is 0.118. The fourth-order valence-corrected chi connectivity index (χ4v) is 2.18. The van der Waals surface area contributed by atoms with Gasteiger partial charge in [-0.15, -0.1) is 0 Å². The van der Waals surface area contributed by atoms with E-state index in [-0.39, 0.29) is 16.9 Å². The number of hydrogen-bond acceptors (Lipinski definition) is 3. The standard InChI is InChI=1S/C17H15N3OS/c1-12(11-18)14-9-5-6-10-15(14)19-17(22)20-16(21)13-7-3-2-4-8-13/h2-10,12H,1H3,(H2,19,20,21,22). The molecule has 0 bridgehead atoms. The first-order valence-corrected chi connectivity index (χ1v) is 7.18. The molecule has 2 aromatic carbocycles. The second-order valence-electron chi connectivity index (χ2n) is 4.71. The summed E-state index contributed by atoms with van der Waals surface area (Å²) in [5.41, 5.74) is 2.08. The van der Waals surface area contributed by atoms with E-state index in [1.54, 1.807) is 24.3 Å². The van der Waals surface area contributed by atoms with Crippen LogP contribution in [0.15, 0.2) is 54.6 Å². The van der Waals surface area contributed by atoms with Gasteiger partial charge in [-0.1, -0.05) is 36.4 Å². The molecule has 0 aliphatic rings. The predicted molar refractivity (Wildman–Crippen MR) is 90.6 cm³/mol. The zero-order chi connectivity index (χ0) is 15.9. The minimum atomic E-state index is -0.274. The monoisotopic (exact) mass is 309 g/mol. The van der Waals surface area contributed by atoms with Crippen LogP contribution in [0.1, 0.15) is 28.8 Å². The van der Waals surface area contributed by atoms with Gasteiger partial charge in [0.1, 0.15) is 0 Å². The SMILES string of the molecule is CC(C#N)c1ccccc1NC(=S)NC(=O)c1ccccc1. The average Bonchev–Trinajstić information content (AvgIpc) is 2.55. The van der Waals surface area contributed by atoms with Gasteiger partial charge in [0.05, 0.1) is 12.0 Å². The number of nitriles is 1. The van der Waals surface area contributed by atoms with Crippen molar-refractivity contribution in [1.82, 2.24) is 5.32 Å². The van der Waals surface area contributed by atoms with Gasteiger partial charge in [-0.3, -0.25) is 10.1 Å². The minimum Gasteiger partial charge on any atom is -0.332 e. The normalized spacial score (nSPS) is 11.1. The Balaban J connectivity index is 2.07. The second-order valence-corrected chi connectivity index (χ2v) is 5.12. The van der Waals surface area contributed by atoms with Crippen LogP contribution in [-0.4, -0.2) is 11.0 Å². The number of anilines is 1. The number of hydrogen-bond donors (Lipinski definition) is 2. The van der Waals surface area contributed by atoms with Crippen LogP contribution in [0.2, 0.25) is 0 Å². The largest absolute Gasteiger partial charge is 0.332 e. The predicted octanol–water partition coefficient (Wildman–Crippen LogP) is 3.44. The molecule has 5 heteroatoms. The Morgan fingerprint density at radius 2 is 1.77 bits per heavy atom. The molecule has 0 radical (unpaired) electrons. The van der Waals surface area contributed by atoms with E-state index in [0.717, 1.165) is 11.3 Å². The highest BCUT2D eigenvalue weighted by molar-refractivity contribution is 7.80. The van der Waals surface area contributed by atoms with Crippen molar-refractivity contribution in [3.63, 3.8) is 0 Å². The summed E-state index contributed by atoms with van der Waals surface area (Å²) >= 11 is 5.17. The number of carbonyl (C=O) groups is 1. The number of benzene rings is 2. The summed E-state index contributed by atoms with van der Waals surface area (Å²) in [4.78, 5) is 12.0. The molecule has 4 nitrogen and oxygen atoms in total. The van der Waals surface area contributed by atoms with Crippen LogP contribution in [0, 0.1) is 11.3 Å². The topological polar surface area (TPSA) is 64.9 Å². The first kappa shape index (κ1) is 15.7. The van der Waals surface area contributed by atoms with Crippen molar-refractivity contribution >= 4 is 28.9 Å². The second kappa shape index (κ2) is 7.34. The Hall–Kier alpha value is -2.71. The van der Waals surface area contributed by atoms with E-state index < -0.39 is 0 Å². The van der Waals surface area contributed by atoms with E-state index in [4.69, 9.17) is 17.5 Å². The van der Waals surface area contributed by atoms with Gasteiger partial charge in [-0.2, -0.15) is 5.26 Å². The highest BCUT2D eigenvalue weighted by Crippen LogP contribution is 2.23. The molecular weight excluding hydrogens is 294 g/mol. The minimum absolute atomic E-state index is 0.200. The zero-order valence-corrected chi connectivity index (χ0v) is 12.9. The molecule has 0 spiro atoms. The van der Waals surface area contributed by atoms with E-state index in [1.807, 2.05) is 37.3 Å². The number of amides is 1. The Morgan fingerprint density at radius 1 is 1.14 bits per heavy atom. The molecular formula is C17H15N3OS. The van der Waals surface area contributed by atoms with Crippen molar-refractivity contribution in [1.29, 1.82) is 5.26 Å². The Morgan fingerprint density at radius 3 is 2.45 bits per heavy atom. The van der Waals surface area contributed by atoms with Crippen molar-refractivity contribution < 1.29 is 4.79 Å². The maximum Gasteiger partial charge on any atom is 0.257 e. The molecule has 0 fully saturated rings. The molecule has 2 rings (SSSR count). The van der Waals surface area contributed by atoms with E-state index in [2.05, 4.69) is 16.7 Å². The summed E-state index contributed by atoms with van der Waals surface area (Å²) in [6.45, 7) is 1.81. The molecule has 0 saturated heterocycles. The van der Waals surface area contributed by atoms with Crippen molar-refractivity contribution in [3.8, 4) is 6.07 Å². The van der Waals surface area contributed by atoms with Crippen molar-refractivity contribution in [3.05, 3.63) is 65.7 Å². The quantitative estimate of drug-likeness (QED) is 0.852. The van der Waals surface area contributed by atoms with Gasteiger partial charge in [0, 0.05) is 11.3 Å². The molecule has 0 heterocycles. The van der Waals surface area contributed by atoms with Crippen LogP contribution in [0.4, 0.5) is 5.69 Å². The zero-order valence-electron chi connectivity index (χ0n) is 12.0. The highest BCUT2D eigenvalue weighted by atomic mass is 32.1. The first-order valence-electron chi connectivity index (χ1n) is 6.77. The first-order chi connectivity index (χ1) is 10.6. The molecule has 1 atom stereocenters. The third kappa shape index (κ3) is 3.90. The number of thiocarbonyl (C=S) groups is 1. The smallest absolute Gasteiger partial charge is 0.257 e. The van der Waals surface area contributed by atoms with Crippen LogP contribution in [0.25, 0.3) is 0 Å². The summed E-state index contributed by atoms with van der Waals surface area (Å²) < 4.78 is 0. The van der Waals surface area contributed by atoms with Crippen LogP contribution < -0.4 is 10.6 Å². The lowest BCUT2D eigenvalue weighted by Gasteiger charge is -2.14. The molecule has 0 aliphatic carbocycles. The molecule has 22 heavy (non-hydrogen) atoms. The van der Waals surface area contributed by atoms with Crippen LogP contribution >= 0.6 is 12.2 Å². The van der Waals surface area contributed by atoms with Crippen molar-refractivity contribution in [2.45, 2.75) is 12.8 Å². The Bertz CT molecular complexity index is 722. The van der Waals surface area contributed by atoms with Gasteiger partial charge in [0.2, 0.25) is 0 Å². The van der Waals surface area contributed by atoms with Gasteiger partial charge < -0.3 is 5.32 Å². The van der Waals surface area contributed by atoms with Gasteiger partial charge in [-0.05, 0) is 42.9 Å².